The van der Waals surface area contributed by atoms with Crippen molar-refractivity contribution in [1.82, 2.24) is 13.5 Å². The molecular formula is C8H15F2N3O3S. The van der Waals surface area contributed by atoms with Crippen molar-refractivity contribution in [2.75, 3.05) is 40.3 Å². The zero-order valence-electron chi connectivity index (χ0n) is 9.64. The van der Waals surface area contributed by atoms with E-state index in [0.717, 1.165) is 9.21 Å². The molecule has 6 nitrogen and oxygen atoms in total. The van der Waals surface area contributed by atoms with Gasteiger partial charge >= 0.3 is 6.43 Å². The summed E-state index contributed by atoms with van der Waals surface area (Å²) in [5.41, 5.74) is 0. The minimum atomic E-state index is -3.53. The maximum Gasteiger partial charge on any atom is 0.315 e. The summed E-state index contributed by atoms with van der Waals surface area (Å²) in [6, 6.07) is 0. The Morgan fingerprint density at radius 2 is 1.65 bits per heavy atom. The summed E-state index contributed by atoms with van der Waals surface area (Å²) in [6.07, 6.45) is -3.04. The van der Waals surface area contributed by atoms with Gasteiger partial charge in [0.2, 0.25) is 0 Å². The number of carbonyl (C=O) groups excluding carboxylic acids is 1. The minimum absolute atomic E-state index is 0.00373. The van der Waals surface area contributed by atoms with Crippen LogP contribution in [0.25, 0.3) is 0 Å². The van der Waals surface area contributed by atoms with Gasteiger partial charge in [-0.2, -0.15) is 25.8 Å². The number of hydrogen-bond acceptors (Lipinski definition) is 3. The van der Waals surface area contributed by atoms with Gasteiger partial charge in [-0.1, -0.05) is 0 Å². The number of carbonyl (C=O) groups is 1. The lowest BCUT2D eigenvalue weighted by Crippen LogP contribution is -2.54. The maximum atomic E-state index is 12.1. The van der Waals surface area contributed by atoms with Gasteiger partial charge in [0.05, 0.1) is 0 Å². The molecule has 0 aromatic heterocycles. The zero-order valence-corrected chi connectivity index (χ0v) is 10.5. The Balaban J connectivity index is 2.61. The first-order chi connectivity index (χ1) is 7.76. The fourth-order valence-electron chi connectivity index (χ4n) is 1.51. The second-order valence-electron chi connectivity index (χ2n) is 3.82. The summed E-state index contributed by atoms with van der Waals surface area (Å²) >= 11 is 0. The van der Waals surface area contributed by atoms with Gasteiger partial charge in [0, 0.05) is 40.3 Å². The summed E-state index contributed by atoms with van der Waals surface area (Å²) in [5.74, 6) is -1.24. The van der Waals surface area contributed by atoms with E-state index in [2.05, 4.69) is 0 Å². The Bertz CT molecular complexity index is 377. The molecule has 0 saturated carbocycles. The van der Waals surface area contributed by atoms with Gasteiger partial charge < -0.3 is 4.90 Å². The lowest BCUT2D eigenvalue weighted by atomic mass is 10.3. The van der Waals surface area contributed by atoms with Crippen LogP contribution in [0.5, 0.6) is 0 Å². The van der Waals surface area contributed by atoms with Crippen LogP contribution >= 0.6 is 0 Å². The Morgan fingerprint density at radius 1 is 1.18 bits per heavy atom. The van der Waals surface area contributed by atoms with Gasteiger partial charge in [-0.25, -0.2) is 0 Å². The topological polar surface area (TPSA) is 60.9 Å². The third-order valence-corrected chi connectivity index (χ3v) is 4.47. The minimum Gasteiger partial charge on any atom is -0.335 e. The standard InChI is InChI=1S/C8H15F2N3O3S/c1-11(2)17(15,16)13-5-3-12(4-6-13)8(14)7(9)10/h7H,3-6H2,1-2H3. The van der Waals surface area contributed by atoms with Crippen LogP contribution in [0.3, 0.4) is 0 Å². The number of piperazine rings is 1. The van der Waals surface area contributed by atoms with Crippen molar-refractivity contribution >= 4 is 16.1 Å². The molecule has 0 atom stereocenters. The van der Waals surface area contributed by atoms with E-state index in [1.54, 1.807) is 0 Å². The Hall–Kier alpha value is -0.800. The summed E-state index contributed by atoms with van der Waals surface area (Å²) in [6.45, 7) is 0.0738. The quantitative estimate of drug-likeness (QED) is 0.675. The second-order valence-corrected chi connectivity index (χ2v) is 5.96. The van der Waals surface area contributed by atoms with Crippen molar-refractivity contribution in [2.45, 2.75) is 6.43 Å². The van der Waals surface area contributed by atoms with E-state index in [1.807, 2.05) is 0 Å². The number of alkyl halides is 2. The van der Waals surface area contributed by atoms with Crippen molar-refractivity contribution in [3.05, 3.63) is 0 Å². The molecule has 1 rings (SSSR count). The molecule has 0 N–H and O–H groups in total. The third kappa shape index (κ3) is 3.11. The predicted octanol–water partition coefficient (Wildman–Crippen LogP) is -0.798. The summed E-state index contributed by atoms with van der Waals surface area (Å²) < 4.78 is 49.9. The van der Waals surface area contributed by atoms with Gasteiger partial charge in [0.15, 0.2) is 0 Å². The summed E-state index contributed by atoms with van der Waals surface area (Å²) in [7, 11) is -0.738. The molecule has 1 amide bonds. The normalized spacial score (nSPS) is 19.1. The Labute approximate surface area is 99.0 Å². The van der Waals surface area contributed by atoms with Crippen molar-refractivity contribution in [3.63, 3.8) is 0 Å². The van der Waals surface area contributed by atoms with Gasteiger partial charge in [0.25, 0.3) is 16.1 Å². The van der Waals surface area contributed by atoms with Crippen LogP contribution in [0.1, 0.15) is 0 Å². The lowest BCUT2D eigenvalue weighted by Gasteiger charge is -2.34. The lowest BCUT2D eigenvalue weighted by molar-refractivity contribution is -0.144. The van der Waals surface area contributed by atoms with Gasteiger partial charge in [0.1, 0.15) is 0 Å². The van der Waals surface area contributed by atoms with E-state index < -0.39 is 22.5 Å². The number of hydrogen-bond donors (Lipinski definition) is 0. The molecule has 0 aromatic rings. The van der Waals surface area contributed by atoms with Crippen LogP contribution in [-0.4, -0.2) is 74.5 Å². The first-order valence-corrected chi connectivity index (χ1v) is 6.41. The highest BCUT2D eigenvalue weighted by Gasteiger charge is 2.32. The molecule has 0 bridgehead atoms. The maximum absolute atomic E-state index is 12.1. The molecule has 1 aliphatic heterocycles. The Kier molecular flexibility index (Phi) is 4.39. The highest BCUT2D eigenvalue weighted by Crippen LogP contribution is 2.11. The number of halogens is 2. The van der Waals surface area contributed by atoms with Gasteiger partial charge in [-0.3, -0.25) is 4.79 Å². The zero-order chi connectivity index (χ0) is 13.2. The molecule has 17 heavy (non-hydrogen) atoms. The molecule has 0 aliphatic carbocycles. The molecule has 1 saturated heterocycles. The molecule has 100 valence electrons. The number of nitrogens with zero attached hydrogens (tertiary/aromatic N) is 3. The first kappa shape index (κ1) is 14.3. The van der Waals surface area contributed by atoms with Crippen LogP contribution in [0.15, 0.2) is 0 Å². The van der Waals surface area contributed by atoms with Crippen LogP contribution in [0, 0.1) is 0 Å². The van der Waals surface area contributed by atoms with E-state index in [0.29, 0.717) is 0 Å². The molecule has 9 heteroatoms. The van der Waals surface area contributed by atoms with Crippen LogP contribution < -0.4 is 0 Å². The highest BCUT2D eigenvalue weighted by atomic mass is 32.2. The fraction of sp³-hybridized carbons (Fsp3) is 0.875. The molecule has 0 radical (unpaired) electrons. The van der Waals surface area contributed by atoms with Gasteiger partial charge in [-0.05, 0) is 0 Å². The van der Waals surface area contributed by atoms with E-state index in [1.165, 1.54) is 18.4 Å². The van der Waals surface area contributed by atoms with E-state index >= 15 is 0 Å². The monoisotopic (exact) mass is 271 g/mol. The SMILES string of the molecule is CN(C)S(=O)(=O)N1CCN(C(=O)C(F)F)CC1. The van der Waals surface area contributed by atoms with Crippen LogP contribution in [-0.2, 0) is 15.0 Å². The largest absolute Gasteiger partial charge is 0.335 e. The fourth-order valence-corrected chi connectivity index (χ4v) is 2.59. The van der Waals surface area contributed by atoms with E-state index in [9.17, 15) is 22.0 Å². The number of rotatable bonds is 3. The van der Waals surface area contributed by atoms with E-state index in [4.69, 9.17) is 0 Å². The van der Waals surface area contributed by atoms with Crippen LogP contribution in [0.4, 0.5) is 8.78 Å². The first-order valence-electron chi connectivity index (χ1n) is 5.01. The van der Waals surface area contributed by atoms with Crippen LogP contribution in [0.2, 0.25) is 0 Å². The molecule has 0 unspecified atom stereocenters. The second kappa shape index (κ2) is 5.23. The van der Waals surface area contributed by atoms with E-state index in [-0.39, 0.29) is 26.2 Å². The van der Waals surface area contributed by atoms with Crippen molar-refractivity contribution in [3.8, 4) is 0 Å². The third-order valence-electron chi connectivity index (χ3n) is 2.52. The predicted molar refractivity (Wildman–Crippen MR) is 56.8 cm³/mol. The smallest absolute Gasteiger partial charge is 0.315 e. The van der Waals surface area contributed by atoms with Crippen molar-refractivity contribution in [1.29, 1.82) is 0 Å². The molecule has 0 spiro atoms. The molecule has 0 aromatic carbocycles. The molecule has 1 heterocycles. The summed E-state index contributed by atoms with van der Waals surface area (Å²) in [5, 5.41) is 0. The highest BCUT2D eigenvalue weighted by molar-refractivity contribution is 7.86. The molecule has 1 fully saturated rings. The summed E-state index contributed by atoms with van der Waals surface area (Å²) in [4.78, 5) is 12.0. The molecule has 1 aliphatic rings. The molecular weight excluding hydrogens is 256 g/mol. The average molecular weight is 271 g/mol. The van der Waals surface area contributed by atoms with Gasteiger partial charge in [-0.15, -0.1) is 0 Å². The van der Waals surface area contributed by atoms with Crippen molar-refractivity contribution in [2.24, 2.45) is 0 Å². The van der Waals surface area contributed by atoms with Crippen molar-refractivity contribution < 1.29 is 22.0 Å². The number of amides is 1. The average Bonchev–Trinajstić information content (AvgIpc) is 2.27. The Morgan fingerprint density at radius 3 is 2.00 bits per heavy atom.